The van der Waals surface area contributed by atoms with Crippen LogP contribution in [0.3, 0.4) is 0 Å². The second kappa shape index (κ2) is 9.82. The average molecular weight is 423 g/mol. The Morgan fingerprint density at radius 1 is 1.17 bits per heavy atom. The zero-order valence-electron chi connectivity index (χ0n) is 17.0. The van der Waals surface area contributed by atoms with E-state index >= 15 is 0 Å². The molecule has 1 aromatic carbocycles. The number of likely N-dealkylation sites (tertiary alicyclic amines) is 1. The molecule has 4 rings (SSSR count). The van der Waals surface area contributed by atoms with Crippen LogP contribution in [0.2, 0.25) is 0 Å². The SMILES string of the molecule is COc1ccccc1CN1CCC(C(NC(=O)c2ccccn2)c2nccs2)CC1. The molecule has 7 heteroatoms. The van der Waals surface area contributed by atoms with Gasteiger partial charge in [-0.1, -0.05) is 24.3 Å². The first kappa shape index (κ1) is 20.5. The Labute approximate surface area is 180 Å². The Bertz CT molecular complexity index is 941. The van der Waals surface area contributed by atoms with Gasteiger partial charge in [-0.2, -0.15) is 0 Å². The van der Waals surface area contributed by atoms with Crippen LogP contribution in [0.1, 0.15) is 39.9 Å². The molecule has 1 amide bonds. The van der Waals surface area contributed by atoms with Crippen LogP contribution in [0, 0.1) is 5.92 Å². The lowest BCUT2D eigenvalue weighted by atomic mass is 9.89. The van der Waals surface area contributed by atoms with Crippen molar-refractivity contribution in [3.63, 3.8) is 0 Å². The summed E-state index contributed by atoms with van der Waals surface area (Å²) in [6.07, 6.45) is 5.45. The highest BCUT2D eigenvalue weighted by atomic mass is 32.1. The maximum absolute atomic E-state index is 12.7. The third-order valence-electron chi connectivity index (χ3n) is 5.59. The number of piperidine rings is 1. The number of aromatic nitrogens is 2. The number of rotatable bonds is 7. The molecule has 2 aromatic heterocycles. The predicted octanol–water partition coefficient (Wildman–Crippen LogP) is 3.93. The quantitative estimate of drug-likeness (QED) is 0.625. The monoisotopic (exact) mass is 422 g/mol. The summed E-state index contributed by atoms with van der Waals surface area (Å²) in [5, 5.41) is 6.12. The molecule has 1 aliphatic rings. The number of hydrogen-bond acceptors (Lipinski definition) is 6. The maximum atomic E-state index is 12.7. The van der Waals surface area contributed by atoms with Crippen molar-refractivity contribution in [3.05, 3.63) is 76.5 Å². The van der Waals surface area contributed by atoms with Crippen LogP contribution in [0.15, 0.2) is 60.2 Å². The molecule has 30 heavy (non-hydrogen) atoms. The lowest BCUT2D eigenvalue weighted by Gasteiger charge is -2.35. The van der Waals surface area contributed by atoms with E-state index in [0.29, 0.717) is 11.6 Å². The van der Waals surface area contributed by atoms with Crippen molar-refractivity contribution in [1.29, 1.82) is 0 Å². The molecule has 1 atom stereocenters. The Morgan fingerprint density at radius 3 is 2.67 bits per heavy atom. The first-order chi connectivity index (χ1) is 14.7. The minimum atomic E-state index is -0.146. The molecule has 1 saturated heterocycles. The van der Waals surface area contributed by atoms with Gasteiger partial charge < -0.3 is 10.1 Å². The van der Waals surface area contributed by atoms with Crippen LogP contribution >= 0.6 is 11.3 Å². The van der Waals surface area contributed by atoms with Gasteiger partial charge in [0.15, 0.2) is 0 Å². The number of carbonyl (C=O) groups is 1. The number of thiazole rings is 1. The number of carbonyl (C=O) groups excluding carboxylic acids is 1. The van der Waals surface area contributed by atoms with E-state index in [1.165, 1.54) is 5.56 Å². The summed E-state index contributed by atoms with van der Waals surface area (Å²) in [4.78, 5) is 23.9. The normalized spacial score (nSPS) is 16.2. The van der Waals surface area contributed by atoms with E-state index in [9.17, 15) is 4.79 Å². The number of para-hydroxylation sites is 1. The molecule has 1 unspecified atom stereocenters. The largest absolute Gasteiger partial charge is 0.496 e. The van der Waals surface area contributed by atoms with E-state index < -0.39 is 0 Å². The van der Waals surface area contributed by atoms with Gasteiger partial charge in [-0.25, -0.2) is 4.98 Å². The van der Waals surface area contributed by atoms with Crippen molar-refractivity contribution in [2.75, 3.05) is 20.2 Å². The van der Waals surface area contributed by atoms with Crippen molar-refractivity contribution in [2.45, 2.75) is 25.4 Å². The number of nitrogens with zero attached hydrogens (tertiary/aromatic N) is 3. The van der Waals surface area contributed by atoms with E-state index in [1.54, 1.807) is 36.9 Å². The van der Waals surface area contributed by atoms with Gasteiger partial charge in [-0.05, 0) is 50.0 Å². The molecule has 0 saturated carbocycles. The zero-order valence-corrected chi connectivity index (χ0v) is 17.8. The van der Waals surface area contributed by atoms with E-state index in [0.717, 1.165) is 43.2 Å². The van der Waals surface area contributed by atoms with Gasteiger partial charge in [0.1, 0.15) is 16.5 Å². The summed E-state index contributed by atoms with van der Waals surface area (Å²) in [6.45, 7) is 2.83. The van der Waals surface area contributed by atoms with Crippen LogP contribution in [0.4, 0.5) is 0 Å². The molecule has 6 nitrogen and oxygen atoms in total. The fraction of sp³-hybridized carbons (Fsp3) is 0.348. The second-order valence-corrected chi connectivity index (χ2v) is 8.39. The van der Waals surface area contributed by atoms with Crippen LogP contribution in [0.25, 0.3) is 0 Å². The first-order valence-electron chi connectivity index (χ1n) is 10.2. The molecule has 1 N–H and O–H groups in total. The minimum Gasteiger partial charge on any atom is -0.496 e. The lowest BCUT2D eigenvalue weighted by Crippen LogP contribution is -2.40. The van der Waals surface area contributed by atoms with Gasteiger partial charge in [-0.3, -0.25) is 14.7 Å². The Morgan fingerprint density at radius 2 is 1.97 bits per heavy atom. The number of methoxy groups -OCH3 is 1. The summed E-state index contributed by atoms with van der Waals surface area (Å²) < 4.78 is 5.49. The Hall–Kier alpha value is -2.77. The standard InChI is InChI=1S/C23H26N4O2S/c1-29-20-8-3-2-6-18(20)16-27-13-9-17(10-14-27)21(23-25-12-15-30-23)26-22(28)19-7-4-5-11-24-19/h2-8,11-12,15,17,21H,9-10,13-14,16H2,1H3,(H,26,28). The molecule has 0 radical (unpaired) electrons. The van der Waals surface area contributed by atoms with Crippen molar-refractivity contribution in [2.24, 2.45) is 5.92 Å². The number of nitrogens with one attached hydrogen (secondary N) is 1. The summed E-state index contributed by atoms with van der Waals surface area (Å²) in [6, 6.07) is 13.5. The van der Waals surface area contributed by atoms with Gasteiger partial charge in [0.25, 0.3) is 5.91 Å². The van der Waals surface area contributed by atoms with Crippen LogP contribution in [0.5, 0.6) is 5.75 Å². The summed E-state index contributed by atoms with van der Waals surface area (Å²) in [7, 11) is 1.72. The van der Waals surface area contributed by atoms with Crippen LogP contribution < -0.4 is 10.1 Å². The molecule has 1 fully saturated rings. The summed E-state index contributed by atoms with van der Waals surface area (Å²) >= 11 is 1.59. The van der Waals surface area contributed by atoms with Gasteiger partial charge in [0.05, 0.1) is 13.2 Å². The highest BCUT2D eigenvalue weighted by molar-refractivity contribution is 7.09. The first-order valence-corrected chi connectivity index (χ1v) is 11.1. The number of amides is 1. The second-order valence-electron chi connectivity index (χ2n) is 7.46. The van der Waals surface area contributed by atoms with Crippen LogP contribution in [-0.4, -0.2) is 41.0 Å². The molecule has 156 valence electrons. The molecule has 3 aromatic rings. The number of hydrogen-bond donors (Lipinski definition) is 1. The topological polar surface area (TPSA) is 67.3 Å². The van der Waals surface area contributed by atoms with E-state index in [-0.39, 0.29) is 11.9 Å². The van der Waals surface area contributed by atoms with Crippen molar-refractivity contribution in [3.8, 4) is 5.75 Å². The summed E-state index contributed by atoms with van der Waals surface area (Å²) in [5.41, 5.74) is 1.64. The lowest BCUT2D eigenvalue weighted by molar-refractivity contribution is 0.0885. The van der Waals surface area contributed by atoms with Crippen LogP contribution in [-0.2, 0) is 6.54 Å². The number of pyridine rings is 1. The number of ether oxygens (including phenoxy) is 1. The van der Waals surface area contributed by atoms with Gasteiger partial charge in [-0.15, -0.1) is 11.3 Å². The third-order valence-corrected chi connectivity index (χ3v) is 6.45. The molecule has 0 spiro atoms. The molecular weight excluding hydrogens is 396 g/mol. The predicted molar refractivity (Wildman–Crippen MR) is 118 cm³/mol. The maximum Gasteiger partial charge on any atom is 0.270 e. The number of benzene rings is 1. The Balaban J connectivity index is 1.41. The van der Waals surface area contributed by atoms with Crippen molar-refractivity contribution in [1.82, 2.24) is 20.2 Å². The van der Waals surface area contributed by atoms with Gasteiger partial charge in [0.2, 0.25) is 0 Å². The molecule has 0 aliphatic carbocycles. The van der Waals surface area contributed by atoms with E-state index in [1.807, 2.05) is 29.6 Å². The fourth-order valence-electron chi connectivity index (χ4n) is 4.00. The third kappa shape index (κ3) is 4.86. The Kier molecular flexibility index (Phi) is 6.71. The summed E-state index contributed by atoms with van der Waals surface area (Å²) in [5.74, 6) is 1.13. The highest BCUT2D eigenvalue weighted by Gasteiger charge is 2.31. The molecule has 0 bridgehead atoms. The fourth-order valence-corrected chi connectivity index (χ4v) is 4.78. The van der Waals surface area contributed by atoms with Gasteiger partial charge in [0, 0.05) is 29.9 Å². The molecule has 3 heterocycles. The van der Waals surface area contributed by atoms with Crippen molar-refractivity contribution < 1.29 is 9.53 Å². The van der Waals surface area contributed by atoms with Crippen molar-refractivity contribution >= 4 is 17.2 Å². The highest BCUT2D eigenvalue weighted by Crippen LogP contribution is 2.33. The minimum absolute atomic E-state index is 0.0899. The molecular formula is C23H26N4O2S. The van der Waals surface area contributed by atoms with E-state index in [4.69, 9.17) is 4.74 Å². The molecule has 1 aliphatic heterocycles. The zero-order chi connectivity index (χ0) is 20.8. The average Bonchev–Trinajstić information content (AvgIpc) is 3.33. The van der Waals surface area contributed by atoms with E-state index in [2.05, 4.69) is 32.3 Å². The smallest absolute Gasteiger partial charge is 0.270 e. The van der Waals surface area contributed by atoms with Gasteiger partial charge >= 0.3 is 0 Å².